The Morgan fingerprint density at radius 3 is 2.83 bits per heavy atom. The number of carbonyl (C=O) groups excluding carboxylic acids is 1. The maximum absolute atomic E-state index is 12.4. The van der Waals surface area contributed by atoms with Crippen LogP contribution in [-0.2, 0) is 0 Å². The highest BCUT2D eigenvalue weighted by Crippen LogP contribution is 2.20. The van der Waals surface area contributed by atoms with Crippen LogP contribution in [0.3, 0.4) is 0 Å². The van der Waals surface area contributed by atoms with Crippen molar-refractivity contribution in [2.45, 2.75) is 26.3 Å². The van der Waals surface area contributed by atoms with Gasteiger partial charge < -0.3 is 15.7 Å². The Balaban J connectivity index is 2.98. The summed E-state index contributed by atoms with van der Waals surface area (Å²) in [5.41, 5.74) is 6.09. The fourth-order valence-electron chi connectivity index (χ4n) is 1.61. The molecule has 1 heterocycles. The number of rotatable bonds is 5. The molecular formula is C12H18BrN3O2. The van der Waals surface area contributed by atoms with Crippen molar-refractivity contribution >= 4 is 27.7 Å². The number of aliphatic hydroxyl groups excluding tert-OH is 1. The molecule has 0 aromatic carbocycles. The summed E-state index contributed by atoms with van der Waals surface area (Å²) in [5, 5.41) is 8.87. The minimum Gasteiger partial charge on any atom is -0.396 e. The van der Waals surface area contributed by atoms with E-state index in [2.05, 4.69) is 20.9 Å². The van der Waals surface area contributed by atoms with E-state index in [0.717, 1.165) is 0 Å². The van der Waals surface area contributed by atoms with Crippen molar-refractivity contribution in [3.8, 4) is 0 Å². The molecule has 18 heavy (non-hydrogen) atoms. The number of aromatic nitrogens is 1. The number of hydrogen-bond donors (Lipinski definition) is 2. The number of pyridine rings is 1. The largest absolute Gasteiger partial charge is 0.396 e. The van der Waals surface area contributed by atoms with Gasteiger partial charge in [0.25, 0.3) is 5.91 Å². The average Bonchev–Trinajstić information content (AvgIpc) is 2.32. The number of nitrogens with zero attached hydrogens (tertiary/aromatic N) is 2. The Morgan fingerprint density at radius 1 is 1.61 bits per heavy atom. The molecular weight excluding hydrogens is 298 g/mol. The van der Waals surface area contributed by atoms with E-state index < -0.39 is 0 Å². The van der Waals surface area contributed by atoms with Crippen LogP contribution in [0.25, 0.3) is 0 Å². The van der Waals surface area contributed by atoms with Crippen LogP contribution in [0.15, 0.2) is 16.7 Å². The molecule has 0 fully saturated rings. The lowest BCUT2D eigenvalue weighted by atomic mass is 10.2. The van der Waals surface area contributed by atoms with Crippen LogP contribution in [-0.4, -0.2) is 40.1 Å². The standard InChI is InChI=1S/C12H18BrN3O2/c1-8(2)16(4-3-5-17)12(18)9-6-11(14)15-7-10(9)13/h6-8,17H,3-5H2,1-2H3,(H2,14,15). The molecule has 0 saturated heterocycles. The molecule has 0 saturated carbocycles. The minimum atomic E-state index is -0.112. The van der Waals surface area contributed by atoms with E-state index >= 15 is 0 Å². The summed E-state index contributed by atoms with van der Waals surface area (Å²) in [6.45, 7) is 4.46. The van der Waals surface area contributed by atoms with Crippen LogP contribution in [0.5, 0.6) is 0 Å². The van der Waals surface area contributed by atoms with Gasteiger partial charge in [-0.15, -0.1) is 0 Å². The molecule has 1 rings (SSSR count). The Labute approximate surface area is 115 Å². The number of carbonyl (C=O) groups is 1. The Morgan fingerprint density at radius 2 is 2.28 bits per heavy atom. The minimum absolute atomic E-state index is 0.0605. The molecule has 0 bridgehead atoms. The van der Waals surface area contributed by atoms with E-state index in [1.54, 1.807) is 11.0 Å². The highest BCUT2D eigenvalue weighted by Gasteiger charge is 2.20. The van der Waals surface area contributed by atoms with Crippen molar-refractivity contribution in [2.75, 3.05) is 18.9 Å². The van der Waals surface area contributed by atoms with E-state index in [9.17, 15) is 4.79 Å². The van der Waals surface area contributed by atoms with Crippen molar-refractivity contribution in [3.05, 3.63) is 22.3 Å². The topological polar surface area (TPSA) is 79.5 Å². The predicted molar refractivity (Wildman–Crippen MR) is 74.2 cm³/mol. The zero-order chi connectivity index (χ0) is 13.7. The first kappa shape index (κ1) is 14.9. The number of nitrogens with two attached hydrogens (primary N) is 1. The molecule has 0 radical (unpaired) electrons. The summed E-state index contributed by atoms with van der Waals surface area (Å²) >= 11 is 3.30. The second-order valence-electron chi connectivity index (χ2n) is 4.26. The van der Waals surface area contributed by atoms with E-state index in [1.807, 2.05) is 13.8 Å². The van der Waals surface area contributed by atoms with Crippen molar-refractivity contribution < 1.29 is 9.90 Å². The highest BCUT2D eigenvalue weighted by molar-refractivity contribution is 9.10. The molecule has 0 aliphatic heterocycles. The summed E-state index contributed by atoms with van der Waals surface area (Å²) in [7, 11) is 0. The van der Waals surface area contributed by atoms with Crippen molar-refractivity contribution in [1.82, 2.24) is 9.88 Å². The van der Waals surface area contributed by atoms with Crippen LogP contribution in [0.4, 0.5) is 5.82 Å². The lowest BCUT2D eigenvalue weighted by Crippen LogP contribution is -2.38. The molecule has 0 unspecified atom stereocenters. The molecule has 0 atom stereocenters. The Bertz CT molecular complexity index is 424. The summed E-state index contributed by atoms with van der Waals surface area (Å²) in [5.74, 6) is 0.201. The third-order valence-electron chi connectivity index (χ3n) is 2.55. The van der Waals surface area contributed by atoms with Gasteiger partial charge in [-0.2, -0.15) is 0 Å². The summed E-state index contributed by atoms with van der Waals surface area (Å²) in [4.78, 5) is 18.0. The molecule has 0 aliphatic rings. The first-order valence-corrected chi connectivity index (χ1v) is 6.59. The summed E-state index contributed by atoms with van der Waals surface area (Å²) in [6.07, 6.45) is 2.08. The molecule has 3 N–H and O–H groups in total. The van der Waals surface area contributed by atoms with E-state index in [4.69, 9.17) is 10.8 Å². The number of hydrogen-bond acceptors (Lipinski definition) is 4. The fourth-order valence-corrected chi connectivity index (χ4v) is 2.00. The van der Waals surface area contributed by atoms with E-state index in [-0.39, 0.29) is 18.6 Å². The van der Waals surface area contributed by atoms with Gasteiger partial charge in [0, 0.05) is 29.9 Å². The monoisotopic (exact) mass is 315 g/mol. The molecule has 5 nitrogen and oxygen atoms in total. The third kappa shape index (κ3) is 3.68. The van der Waals surface area contributed by atoms with Gasteiger partial charge in [0.1, 0.15) is 5.82 Å². The number of anilines is 1. The Hall–Kier alpha value is -1.14. The first-order valence-electron chi connectivity index (χ1n) is 5.80. The summed E-state index contributed by atoms with van der Waals surface area (Å²) in [6, 6.07) is 1.62. The SMILES string of the molecule is CC(C)N(CCCO)C(=O)c1cc(N)ncc1Br. The van der Waals surface area contributed by atoms with Gasteiger partial charge in [0.05, 0.1) is 5.56 Å². The van der Waals surface area contributed by atoms with Gasteiger partial charge in [-0.1, -0.05) is 0 Å². The van der Waals surface area contributed by atoms with Gasteiger partial charge >= 0.3 is 0 Å². The van der Waals surface area contributed by atoms with Gasteiger partial charge in [-0.05, 0) is 42.3 Å². The lowest BCUT2D eigenvalue weighted by Gasteiger charge is -2.27. The van der Waals surface area contributed by atoms with Gasteiger partial charge in [-0.3, -0.25) is 4.79 Å². The molecule has 1 amide bonds. The second-order valence-corrected chi connectivity index (χ2v) is 5.11. The van der Waals surface area contributed by atoms with Crippen molar-refractivity contribution in [2.24, 2.45) is 0 Å². The van der Waals surface area contributed by atoms with Crippen LogP contribution < -0.4 is 5.73 Å². The number of amides is 1. The van der Waals surface area contributed by atoms with Crippen LogP contribution >= 0.6 is 15.9 Å². The maximum atomic E-state index is 12.4. The zero-order valence-corrected chi connectivity index (χ0v) is 12.1. The van der Waals surface area contributed by atoms with Gasteiger partial charge in [0.2, 0.25) is 0 Å². The quantitative estimate of drug-likeness (QED) is 0.866. The number of halogens is 1. The molecule has 100 valence electrons. The number of nitrogen functional groups attached to an aromatic ring is 1. The van der Waals surface area contributed by atoms with Gasteiger partial charge in [-0.25, -0.2) is 4.98 Å². The van der Waals surface area contributed by atoms with E-state index in [0.29, 0.717) is 28.8 Å². The van der Waals surface area contributed by atoms with Gasteiger partial charge in [0.15, 0.2) is 0 Å². The molecule has 0 spiro atoms. The zero-order valence-electron chi connectivity index (χ0n) is 10.6. The highest BCUT2D eigenvalue weighted by atomic mass is 79.9. The van der Waals surface area contributed by atoms with Crippen LogP contribution in [0.1, 0.15) is 30.6 Å². The van der Waals surface area contributed by atoms with Crippen molar-refractivity contribution in [3.63, 3.8) is 0 Å². The first-order chi connectivity index (χ1) is 8.47. The molecule has 0 aliphatic carbocycles. The fraction of sp³-hybridized carbons (Fsp3) is 0.500. The molecule has 1 aromatic heterocycles. The van der Waals surface area contributed by atoms with E-state index in [1.165, 1.54) is 6.20 Å². The maximum Gasteiger partial charge on any atom is 0.255 e. The predicted octanol–water partition coefficient (Wildman–Crippen LogP) is 1.66. The lowest BCUT2D eigenvalue weighted by molar-refractivity contribution is 0.0692. The molecule has 6 heteroatoms. The normalized spacial score (nSPS) is 10.7. The van der Waals surface area contributed by atoms with Crippen LogP contribution in [0.2, 0.25) is 0 Å². The Kier molecular flexibility index (Phi) is 5.55. The third-order valence-corrected chi connectivity index (χ3v) is 3.18. The average molecular weight is 316 g/mol. The summed E-state index contributed by atoms with van der Waals surface area (Å²) < 4.78 is 0.622. The number of aliphatic hydroxyl groups is 1. The molecule has 1 aromatic rings. The smallest absolute Gasteiger partial charge is 0.255 e. The second kappa shape index (κ2) is 6.70. The van der Waals surface area contributed by atoms with Crippen molar-refractivity contribution in [1.29, 1.82) is 0 Å². The van der Waals surface area contributed by atoms with Crippen LogP contribution in [0, 0.1) is 0 Å².